The van der Waals surface area contributed by atoms with Gasteiger partial charge in [0.05, 0.1) is 7.11 Å². The normalized spacial score (nSPS) is 24.5. The first-order valence-corrected chi connectivity index (χ1v) is 5.14. The maximum absolute atomic E-state index is 10.7. The summed E-state index contributed by atoms with van der Waals surface area (Å²) in [7, 11) is 1.57. The Morgan fingerprint density at radius 3 is 2.00 bits per heavy atom. The highest BCUT2D eigenvalue weighted by Crippen LogP contribution is 2.30. The van der Waals surface area contributed by atoms with Crippen molar-refractivity contribution in [3.63, 3.8) is 0 Å². The topological polar surface area (TPSA) is 61.8 Å². The predicted molar refractivity (Wildman–Crippen MR) is 57.6 cm³/mol. The van der Waals surface area contributed by atoms with Crippen molar-refractivity contribution in [2.75, 3.05) is 7.11 Å². The van der Waals surface area contributed by atoms with Gasteiger partial charge in [0.2, 0.25) is 0 Å². The second-order valence-electron chi connectivity index (χ2n) is 3.58. The molecule has 0 bridgehead atoms. The average Bonchev–Trinajstić information content (AvgIpc) is 2.82. The summed E-state index contributed by atoms with van der Waals surface area (Å²) in [4.78, 5) is 21.3. The summed E-state index contributed by atoms with van der Waals surface area (Å²) in [5.74, 6) is 0.714. The van der Waals surface area contributed by atoms with Crippen LogP contribution in [0.25, 0.3) is 0 Å². The third-order valence-corrected chi connectivity index (χ3v) is 2.54. The third-order valence-electron chi connectivity index (χ3n) is 2.54. The number of ether oxygens (including phenoxy) is 3. The summed E-state index contributed by atoms with van der Waals surface area (Å²) in [5.41, 5.74) is 0.738. The fraction of sp³-hybridized carbons (Fsp3) is 0.333. The molecule has 0 unspecified atom stereocenters. The number of hydrogen-bond donors (Lipinski definition) is 0. The second-order valence-corrected chi connectivity index (χ2v) is 3.58. The quantitative estimate of drug-likeness (QED) is 0.726. The van der Waals surface area contributed by atoms with Gasteiger partial charge in [-0.1, -0.05) is 12.1 Å². The van der Waals surface area contributed by atoms with E-state index in [1.807, 2.05) is 0 Å². The number of rotatable bonds is 4. The van der Waals surface area contributed by atoms with Gasteiger partial charge in [0.1, 0.15) is 18.0 Å². The minimum Gasteiger partial charge on any atom is -0.497 e. The van der Waals surface area contributed by atoms with Crippen LogP contribution in [0.5, 0.6) is 5.75 Å². The molecular formula is C12H12O5. The van der Waals surface area contributed by atoms with Crippen molar-refractivity contribution in [1.82, 2.24) is 0 Å². The Morgan fingerprint density at radius 2 is 1.59 bits per heavy atom. The maximum Gasteiger partial charge on any atom is 0.185 e. The lowest BCUT2D eigenvalue weighted by atomic mass is 10.2. The highest BCUT2D eigenvalue weighted by atomic mass is 16.7. The zero-order valence-corrected chi connectivity index (χ0v) is 9.24. The molecule has 1 aliphatic heterocycles. The van der Waals surface area contributed by atoms with Crippen molar-refractivity contribution < 1.29 is 23.8 Å². The summed E-state index contributed by atoms with van der Waals surface area (Å²) in [6.07, 6.45) is -1.21. The molecule has 1 aromatic rings. The first-order valence-electron chi connectivity index (χ1n) is 5.14. The van der Waals surface area contributed by atoms with Crippen molar-refractivity contribution in [2.24, 2.45) is 0 Å². The van der Waals surface area contributed by atoms with Crippen LogP contribution in [0.2, 0.25) is 0 Å². The molecular weight excluding hydrogens is 224 g/mol. The molecule has 90 valence electrons. The molecule has 0 saturated carbocycles. The van der Waals surface area contributed by atoms with E-state index in [4.69, 9.17) is 14.2 Å². The fourth-order valence-corrected chi connectivity index (χ4v) is 1.61. The molecule has 0 spiro atoms. The Hall–Kier alpha value is -1.72. The largest absolute Gasteiger partial charge is 0.497 e. The van der Waals surface area contributed by atoms with E-state index in [0.717, 1.165) is 5.56 Å². The van der Waals surface area contributed by atoms with Crippen LogP contribution < -0.4 is 4.74 Å². The molecule has 1 aliphatic rings. The molecule has 1 aromatic carbocycles. The maximum atomic E-state index is 10.7. The van der Waals surface area contributed by atoms with Gasteiger partial charge < -0.3 is 23.8 Å². The van der Waals surface area contributed by atoms with Crippen LogP contribution in [0.3, 0.4) is 0 Å². The Balaban J connectivity index is 2.13. The Labute approximate surface area is 98.3 Å². The van der Waals surface area contributed by atoms with Gasteiger partial charge >= 0.3 is 0 Å². The summed E-state index contributed by atoms with van der Waals surface area (Å²) in [6, 6.07) is 7.04. The van der Waals surface area contributed by atoms with E-state index in [0.29, 0.717) is 18.3 Å². The molecule has 0 aliphatic carbocycles. The molecule has 17 heavy (non-hydrogen) atoms. The Kier molecular flexibility index (Phi) is 3.51. The van der Waals surface area contributed by atoms with Crippen molar-refractivity contribution in [1.29, 1.82) is 0 Å². The highest BCUT2D eigenvalue weighted by molar-refractivity contribution is 5.69. The summed E-state index contributed by atoms with van der Waals surface area (Å²) in [6.45, 7) is 0. The zero-order valence-electron chi connectivity index (χ0n) is 9.24. The van der Waals surface area contributed by atoms with Crippen LogP contribution in [0.1, 0.15) is 11.9 Å². The molecule has 5 nitrogen and oxygen atoms in total. The van der Waals surface area contributed by atoms with E-state index in [9.17, 15) is 9.59 Å². The number of hydrogen-bond acceptors (Lipinski definition) is 5. The van der Waals surface area contributed by atoms with Crippen LogP contribution >= 0.6 is 0 Å². The van der Waals surface area contributed by atoms with Crippen molar-refractivity contribution in [3.8, 4) is 5.75 Å². The third kappa shape index (κ3) is 2.35. The lowest BCUT2D eigenvalue weighted by molar-refractivity contribution is -0.121. The van der Waals surface area contributed by atoms with Gasteiger partial charge in [0.25, 0.3) is 0 Å². The average molecular weight is 236 g/mol. The van der Waals surface area contributed by atoms with Gasteiger partial charge in [0.15, 0.2) is 18.9 Å². The van der Waals surface area contributed by atoms with Gasteiger partial charge in [-0.25, -0.2) is 0 Å². The van der Waals surface area contributed by atoms with E-state index in [1.165, 1.54) is 0 Å². The van der Waals surface area contributed by atoms with Gasteiger partial charge in [0, 0.05) is 5.56 Å². The van der Waals surface area contributed by atoms with Gasteiger partial charge in [-0.2, -0.15) is 0 Å². The van der Waals surface area contributed by atoms with Crippen molar-refractivity contribution >= 4 is 12.6 Å². The minimum atomic E-state index is -0.834. The van der Waals surface area contributed by atoms with E-state index in [-0.39, 0.29) is 0 Å². The lowest BCUT2D eigenvalue weighted by Gasteiger charge is -2.10. The Bertz CT molecular complexity index is 384. The molecule has 0 amide bonds. The first kappa shape index (κ1) is 11.8. The monoisotopic (exact) mass is 236 g/mol. The standard InChI is InChI=1S/C12H12O5/c1-15-9-4-2-8(3-5-9)12-16-10(6-13)11(7-14)17-12/h2-7,10-12H,1H3/t10-,11-/m0/s1. The van der Waals surface area contributed by atoms with E-state index in [2.05, 4.69) is 0 Å². The minimum absolute atomic E-state index is 0.572. The molecule has 2 rings (SSSR count). The summed E-state index contributed by atoms with van der Waals surface area (Å²) < 4.78 is 15.6. The van der Waals surface area contributed by atoms with Gasteiger partial charge in [-0.05, 0) is 12.1 Å². The molecule has 2 atom stereocenters. The summed E-state index contributed by atoms with van der Waals surface area (Å²) in [5, 5.41) is 0. The highest BCUT2D eigenvalue weighted by Gasteiger charge is 2.36. The van der Waals surface area contributed by atoms with E-state index >= 15 is 0 Å². The molecule has 1 heterocycles. The van der Waals surface area contributed by atoms with Crippen molar-refractivity contribution in [2.45, 2.75) is 18.5 Å². The number of benzene rings is 1. The molecule has 1 fully saturated rings. The molecule has 0 radical (unpaired) electrons. The molecule has 0 N–H and O–H groups in total. The van der Waals surface area contributed by atoms with E-state index in [1.54, 1.807) is 31.4 Å². The first-order chi connectivity index (χ1) is 8.28. The van der Waals surface area contributed by atoms with Gasteiger partial charge in [-0.3, -0.25) is 0 Å². The molecule has 0 aromatic heterocycles. The summed E-state index contributed by atoms with van der Waals surface area (Å²) >= 11 is 0. The van der Waals surface area contributed by atoms with Crippen LogP contribution in [0.4, 0.5) is 0 Å². The van der Waals surface area contributed by atoms with Crippen LogP contribution in [-0.4, -0.2) is 31.9 Å². The van der Waals surface area contributed by atoms with Crippen LogP contribution in [-0.2, 0) is 19.1 Å². The number of methoxy groups -OCH3 is 1. The SMILES string of the molecule is COc1ccc(C2O[C@@H](C=O)[C@H](C=O)O2)cc1. The van der Waals surface area contributed by atoms with Crippen molar-refractivity contribution in [3.05, 3.63) is 29.8 Å². The van der Waals surface area contributed by atoms with Gasteiger partial charge in [-0.15, -0.1) is 0 Å². The number of carbonyl (C=O) groups is 2. The number of carbonyl (C=O) groups excluding carboxylic acids is 2. The molecule has 1 saturated heterocycles. The van der Waals surface area contributed by atoms with E-state index < -0.39 is 18.5 Å². The predicted octanol–water partition coefficient (Wildman–Crippen LogP) is 0.876. The Morgan fingerprint density at radius 1 is 1.06 bits per heavy atom. The van der Waals surface area contributed by atoms with Crippen LogP contribution in [0, 0.1) is 0 Å². The number of aldehydes is 2. The fourth-order valence-electron chi connectivity index (χ4n) is 1.61. The smallest absolute Gasteiger partial charge is 0.185 e. The lowest BCUT2D eigenvalue weighted by Crippen LogP contribution is -2.24. The second kappa shape index (κ2) is 5.07. The zero-order chi connectivity index (χ0) is 12.3. The van der Waals surface area contributed by atoms with Crippen LogP contribution in [0.15, 0.2) is 24.3 Å². The molecule has 5 heteroatoms.